The molecular formula is C17H16N4OS. The second-order valence-electron chi connectivity index (χ2n) is 5.47. The number of carbonyl (C=O) groups is 1. The average molecular weight is 324 g/mol. The molecule has 3 heterocycles. The summed E-state index contributed by atoms with van der Waals surface area (Å²) >= 11 is 1.77. The number of fused-ring (bicyclic) bond motifs is 1. The number of benzene rings is 1. The lowest BCUT2D eigenvalue weighted by atomic mass is 9.93. The van der Waals surface area contributed by atoms with Gasteiger partial charge in [0.2, 0.25) is 0 Å². The standard InChI is InChI=1S/C17H16N4OS/c22-17(20-13-10-18-19-11-13)21-8-6-15-14(7-9-23-15)16(21)12-4-2-1-3-5-12/h1-5,7,9-11,16H,6,8H2,(H,18,19)(H,20,22)/t16-/m1/s1. The molecular weight excluding hydrogens is 308 g/mol. The Morgan fingerprint density at radius 2 is 2.17 bits per heavy atom. The van der Waals surface area contributed by atoms with Crippen molar-refractivity contribution in [1.29, 1.82) is 0 Å². The molecule has 1 aliphatic heterocycles. The first-order valence-electron chi connectivity index (χ1n) is 7.50. The van der Waals surface area contributed by atoms with Gasteiger partial charge in [-0.2, -0.15) is 5.10 Å². The van der Waals surface area contributed by atoms with Gasteiger partial charge in [0, 0.05) is 17.6 Å². The van der Waals surface area contributed by atoms with Gasteiger partial charge < -0.3 is 10.2 Å². The van der Waals surface area contributed by atoms with Crippen LogP contribution in [0.5, 0.6) is 0 Å². The van der Waals surface area contributed by atoms with Crippen molar-refractivity contribution in [3.05, 3.63) is 70.2 Å². The molecule has 3 aromatic rings. The van der Waals surface area contributed by atoms with Crippen LogP contribution in [0.25, 0.3) is 0 Å². The molecule has 0 spiro atoms. The fraction of sp³-hybridized carbons (Fsp3) is 0.176. The van der Waals surface area contributed by atoms with Crippen molar-refractivity contribution in [2.75, 3.05) is 11.9 Å². The maximum absolute atomic E-state index is 12.8. The summed E-state index contributed by atoms with van der Waals surface area (Å²) in [5.41, 5.74) is 3.04. The van der Waals surface area contributed by atoms with Crippen LogP contribution in [-0.4, -0.2) is 27.7 Å². The van der Waals surface area contributed by atoms with E-state index in [4.69, 9.17) is 0 Å². The minimum Gasteiger partial charge on any atom is -0.313 e. The van der Waals surface area contributed by atoms with Gasteiger partial charge in [0.05, 0.1) is 17.9 Å². The molecule has 0 saturated carbocycles. The monoisotopic (exact) mass is 324 g/mol. The van der Waals surface area contributed by atoms with Gasteiger partial charge in [0.15, 0.2) is 0 Å². The fourth-order valence-electron chi connectivity index (χ4n) is 3.04. The molecule has 116 valence electrons. The number of nitrogens with one attached hydrogen (secondary N) is 2. The van der Waals surface area contributed by atoms with Crippen molar-refractivity contribution < 1.29 is 4.79 Å². The number of hydrogen-bond donors (Lipinski definition) is 2. The molecule has 5 nitrogen and oxygen atoms in total. The van der Waals surface area contributed by atoms with E-state index in [9.17, 15) is 4.79 Å². The van der Waals surface area contributed by atoms with Crippen LogP contribution in [0.4, 0.5) is 10.5 Å². The number of amides is 2. The van der Waals surface area contributed by atoms with Crippen LogP contribution in [-0.2, 0) is 6.42 Å². The second-order valence-corrected chi connectivity index (χ2v) is 6.47. The van der Waals surface area contributed by atoms with Gasteiger partial charge in [-0.3, -0.25) is 5.10 Å². The molecule has 0 radical (unpaired) electrons. The Kier molecular flexibility index (Phi) is 3.59. The van der Waals surface area contributed by atoms with Crippen molar-refractivity contribution in [2.24, 2.45) is 0 Å². The molecule has 0 saturated heterocycles. The lowest BCUT2D eigenvalue weighted by Crippen LogP contribution is -2.42. The predicted molar refractivity (Wildman–Crippen MR) is 90.6 cm³/mol. The Labute approximate surface area is 138 Å². The summed E-state index contributed by atoms with van der Waals surface area (Å²) < 4.78 is 0. The quantitative estimate of drug-likeness (QED) is 0.756. The molecule has 0 bridgehead atoms. The normalized spacial score (nSPS) is 16.9. The highest BCUT2D eigenvalue weighted by Gasteiger charge is 2.32. The lowest BCUT2D eigenvalue weighted by molar-refractivity contribution is 0.194. The third-order valence-electron chi connectivity index (χ3n) is 4.09. The van der Waals surface area contributed by atoms with Crippen LogP contribution in [0.3, 0.4) is 0 Å². The summed E-state index contributed by atoms with van der Waals surface area (Å²) in [5.74, 6) is 0. The largest absolute Gasteiger partial charge is 0.322 e. The summed E-state index contributed by atoms with van der Waals surface area (Å²) in [6.07, 6.45) is 4.18. The van der Waals surface area contributed by atoms with Gasteiger partial charge in [-0.15, -0.1) is 11.3 Å². The average Bonchev–Trinajstić information content (AvgIpc) is 3.25. The smallest absolute Gasteiger partial charge is 0.313 e. The minimum atomic E-state index is -0.0999. The molecule has 0 aliphatic carbocycles. The molecule has 2 aromatic heterocycles. The van der Waals surface area contributed by atoms with Crippen molar-refractivity contribution in [3.63, 3.8) is 0 Å². The molecule has 2 amide bonds. The Morgan fingerprint density at radius 3 is 2.96 bits per heavy atom. The van der Waals surface area contributed by atoms with Crippen LogP contribution < -0.4 is 5.32 Å². The third-order valence-corrected chi connectivity index (χ3v) is 5.09. The summed E-state index contributed by atoms with van der Waals surface area (Å²) in [4.78, 5) is 16.0. The van der Waals surface area contributed by atoms with E-state index < -0.39 is 0 Å². The Bertz CT molecular complexity index is 797. The van der Waals surface area contributed by atoms with Gasteiger partial charge >= 0.3 is 6.03 Å². The molecule has 1 atom stereocenters. The topological polar surface area (TPSA) is 61.0 Å². The molecule has 4 rings (SSSR count). The number of anilines is 1. The van der Waals surface area contributed by atoms with Gasteiger partial charge in [-0.05, 0) is 29.0 Å². The van der Waals surface area contributed by atoms with Crippen LogP contribution >= 0.6 is 11.3 Å². The van der Waals surface area contributed by atoms with E-state index >= 15 is 0 Å². The lowest BCUT2D eigenvalue weighted by Gasteiger charge is -2.36. The minimum absolute atomic E-state index is 0.0434. The molecule has 6 heteroatoms. The van der Waals surface area contributed by atoms with E-state index in [0.29, 0.717) is 12.2 Å². The number of aromatic nitrogens is 2. The number of rotatable bonds is 2. The number of carbonyl (C=O) groups excluding carboxylic acids is 1. The van der Waals surface area contributed by atoms with Crippen LogP contribution in [0.2, 0.25) is 0 Å². The highest BCUT2D eigenvalue weighted by Crippen LogP contribution is 2.37. The van der Waals surface area contributed by atoms with E-state index in [2.05, 4.69) is 39.1 Å². The first-order chi connectivity index (χ1) is 11.3. The van der Waals surface area contributed by atoms with E-state index in [1.54, 1.807) is 23.7 Å². The SMILES string of the molecule is O=C(Nc1cn[nH]c1)N1CCc2sccc2[C@H]1c1ccccc1. The van der Waals surface area contributed by atoms with Gasteiger partial charge in [-0.25, -0.2) is 4.79 Å². The first kappa shape index (κ1) is 14.0. The number of hydrogen-bond acceptors (Lipinski definition) is 3. The maximum Gasteiger partial charge on any atom is 0.322 e. The van der Waals surface area contributed by atoms with Gasteiger partial charge in [-0.1, -0.05) is 30.3 Å². The van der Waals surface area contributed by atoms with E-state index in [1.165, 1.54) is 10.4 Å². The number of urea groups is 1. The van der Waals surface area contributed by atoms with Gasteiger partial charge in [0.1, 0.15) is 0 Å². The molecule has 0 unspecified atom stereocenters. The Morgan fingerprint density at radius 1 is 1.30 bits per heavy atom. The van der Waals surface area contributed by atoms with Crippen LogP contribution in [0.15, 0.2) is 54.2 Å². The Balaban J connectivity index is 1.69. The maximum atomic E-state index is 12.8. The molecule has 23 heavy (non-hydrogen) atoms. The molecule has 2 N–H and O–H groups in total. The highest BCUT2D eigenvalue weighted by molar-refractivity contribution is 7.10. The fourth-order valence-corrected chi connectivity index (χ4v) is 3.95. The van der Waals surface area contributed by atoms with E-state index in [1.807, 2.05) is 23.1 Å². The molecule has 1 aromatic carbocycles. The summed E-state index contributed by atoms with van der Waals surface area (Å²) in [5, 5.41) is 11.6. The molecule has 1 aliphatic rings. The third kappa shape index (κ3) is 2.61. The first-order valence-corrected chi connectivity index (χ1v) is 8.38. The number of thiophene rings is 1. The van der Waals surface area contributed by atoms with Gasteiger partial charge in [0.25, 0.3) is 0 Å². The van der Waals surface area contributed by atoms with Crippen LogP contribution in [0, 0.1) is 0 Å². The van der Waals surface area contributed by atoms with E-state index in [-0.39, 0.29) is 12.1 Å². The molecule has 0 fully saturated rings. The van der Waals surface area contributed by atoms with Crippen molar-refractivity contribution in [1.82, 2.24) is 15.1 Å². The zero-order valence-electron chi connectivity index (χ0n) is 12.4. The van der Waals surface area contributed by atoms with Crippen molar-refractivity contribution in [2.45, 2.75) is 12.5 Å². The summed E-state index contributed by atoms with van der Waals surface area (Å²) in [6, 6.07) is 12.2. The zero-order valence-corrected chi connectivity index (χ0v) is 13.2. The predicted octanol–water partition coefficient (Wildman–Crippen LogP) is 3.65. The second kappa shape index (κ2) is 5.89. The van der Waals surface area contributed by atoms with Crippen molar-refractivity contribution in [3.8, 4) is 0 Å². The van der Waals surface area contributed by atoms with Crippen LogP contribution in [0.1, 0.15) is 22.0 Å². The summed E-state index contributed by atoms with van der Waals surface area (Å²) in [7, 11) is 0. The highest BCUT2D eigenvalue weighted by atomic mass is 32.1. The number of H-pyrrole nitrogens is 1. The number of nitrogens with zero attached hydrogens (tertiary/aromatic N) is 2. The van der Waals surface area contributed by atoms with E-state index in [0.717, 1.165) is 12.0 Å². The number of aromatic amines is 1. The van der Waals surface area contributed by atoms with Crippen molar-refractivity contribution >= 4 is 23.1 Å². The zero-order chi connectivity index (χ0) is 15.6. The summed E-state index contributed by atoms with van der Waals surface area (Å²) in [6.45, 7) is 0.705. The Hall–Kier alpha value is -2.60.